The number of thioether (sulfide) groups is 1. The fourth-order valence-corrected chi connectivity index (χ4v) is 4.83. The summed E-state index contributed by atoms with van der Waals surface area (Å²) in [5.74, 6) is 0.541. The van der Waals surface area contributed by atoms with Gasteiger partial charge in [0.15, 0.2) is 11.0 Å². The molecule has 0 N–H and O–H groups in total. The first-order valence-corrected chi connectivity index (χ1v) is 10.9. The highest BCUT2D eigenvalue weighted by molar-refractivity contribution is 8.00. The maximum atomic E-state index is 12.8. The zero-order valence-corrected chi connectivity index (χ0v) is 17.3. The molecule has 0 aliphatic carbocycles. The van der Waals surface area contributed by atoms with Crippen LogP contribution in [0.2, 0.25) is 0 Å². The molecule has 1 aromatic carbocycles. The van der Waals surface area contributed by atoms with Crippen LogP contribution in [-0.4, -0.2) is 45.8 Å². The number of aromatic nitrogens is 3. The highest BCUT2D eigenvalue weighted by Crippen LogP contribution is 2.28. The van der Waals surface area contributed by atoms with Crippen molar-refractivity contribution >= 4 is 21.8 Å². The van der Waals surface area contributed by atoms with Crippen molar-refractivity contribution in [3.63, 3.8) is 0 Å². The van der Waals surface area contributed by atoms with Gasteiger partial charge in [-0.3, -0.25) is 4.57 Å². The van der Waals surface area contributed by atoms with E-state index in [1.54, 1.807) is 37.3 Å². The van der Waals surface area contributed by atoms with Crippen LogP contribution < -0.4 is 0 Å². The van der Waals surface area contributed by atoms with Crippen molar-refractivity contribution in [2.24, 2.45) is 0 Å². The van der Waals surface area contributed by atoms with Gasteiger partial charge in [0, 0.05) is 25.2 Å². The predicted octanol–water partition coefficient (Wildman–Crippen LogP) is 3.17. The van der Waals surface area contributed by atoms with Crippen LogP contribution in [-0.2, 0) is 16.6 Å². The molecule has 2 aromatic rings. The van der Waals surface area contributed by atoms with Crippen molar-refractivity contribution in [3.05, 3.63) is 36.9 Å². The zero-order valence-electron chi connectivity index (χ0n) is 15.7. The van der Waals surface area contributed by atoms with Crippen molar-refractivity contribution in [1.82, 2.24) is 19.1 Å². The summed E-state index contributed by atoms with van der Waals surface area (Å²) >= 11 is 1.30. The molecule has 7 nitrogen and oxygen atoms in total. The van der Waals surface area contributed by atoms with Crippen molar-refractivity contribution in [2.75, 3.05) is 13.1 Å². The fourth-order valence-electron chi connectivity index (χ4n) is 2.58. The quantitative estimate of drug-likeness (QED) is 0.470. The largest absolute Gasteiger partial charge is 0.298 e. The standard InChI is InChI=1S/C18H23N5O2S2/c1-5-11-23-17(20-21-18(23)26-14(4)13-19)15-9-8-10-16(12-15)27(24,25)22(6-2)7-3/h5,8-10,12,14H,1,6-7,11H2,2-4H3/t14-/m0/s1. The molecule has 0 aliphatic rings. The molecule has 0 aliphatic heterocycles. The van der Waals surface area contributed by atoms with Gasteiger partial charge < -0.3 is 0 Å². The number of sulfonamides is 1. The topological polar surface area (TPSA) is 91.9 Å². The molecule has 1 heterocycles. The molecule has 144 valence electrons. The summed E-state index contributed by atoms with van der Waals surface area (Å²) in [7, 11) is -3.57. The molecule has 0 unspecified atom stereocenters. The van der Waals surface area contributed by atoms with Crippen LogP contribution in [0.25, 0.3) is 11.4 Å². The van der Waals surface area contributed by atoms with Gasteiger partial charge in [-0.2, -0.15) is 9.57 Å². The van der Waals surface area contributed by atoms with Gasteiger partial charge in [-0.1, -0.05) is 43.8 Å². The third-order valence-corrected chi connectivity index (χ3v) is 6.95. The number of benzene rings is 1. The highest BCUT2D eigenvalue weighted by Gasteiger charge is 2.23. The van der Waals surface area contributed by atoms with Crippen LogP contribution in [0.1, 0.15) is 20.8 Å². The minimum Gasteiger partial charge on any atom is -0.298 e. The monoisotopic (exact) mass is 405 g/mol. The Kier molecular flexibility index (Phi) is 7.18. The van der Waals surface area contributed by atoms with Crippen LogP contribution in [0, 0.1) is 11.3 Å². The van der Waals surface area contributed by atoms with Gasteiger partial charge >= 0.3 is 0 Å². The second kappa shape index (κ2) is 9.17. The number of hydrogen-bond acceptors (Lipinski definition) is 6. The van der Waals surface area contributed by atoms with E-state index in [1.807, 2.05) is 18.4 Å². The molecule has 0 bridgehead atoms. The Bertz CT molecular complexity index is 943. The molecule has 0 fully saturated rings. The number of hydrogen-bond donors (Lipinski definition) is 0. The van der Waals surface area contributed by atoms with E-state index in [1.165, 1.54) is 16.1 Å². The van der Waals surface area contributed by atoms with E-state index < -0.39 is 10.0 Å². The Labute approximate surface area is 164 Å². The maximum Gasteiger partial charge on any atom is 0.243 e. The Morgan fingerprint density at radius 1 is 1.37 bits per heavy atom. The van der Waals surface area contributed by atoms with E-state index >= 15 is 0 Å². The Morgan fingerprint density at radius 2 is 2.07 bits per heavy atom. The van der Waals surface area contributed by atoms with Gasteiger partial charge in [0.1, 0.15) is 0 Å². The average Bonchev–Trinajstić information content (AvgIpc) is 3.05. The van der Waals surface area contributed by atoms with Crippen molar-refractivity contribution in [1.29, 1.82) is 5.26 Å². The lowest BCUT2D eigenvalue weighted by Crippen LogP contribution is -2.30. The number of allylic oxidation sites excluding steroid dienone is 1. The molecule has 0 saturated heterocycles. The third-order valence-electron chi connectivity index (χ3n) is 3.93. The second-order valence-corrected chi connectivity index (χ2v) is 8.96. The molecule has 0 amide bonds. The molecule has 2 rings (SSSR count). The van der Waals surface area contributed by atoms with Gasteiger partial charge in [-0.05, 0) is 19.1 Å². The Balaban J connectivity index is 2.51. The maximum absolute atomic E-state index is 12.8. The number of nitrogens with zero attached hydrogens (tertiary/aromatic N) is 5. The fraction of sp³-hybridized carbons (Fsp3) is 0.389. The van der Waals surface area contributed by atoms with E-state index in [9.17, 15) is 8.42 Å². The molecular formula is C18H23N5O2S2. The smallest absolute Gasteiger partial charge is 0.243 e. The third kappa shape index (κ3) is 4.58. The summed E-state index contributed by atoms with van der Waals surface area (Å²) in [4.78, 5) is 0.219. The lowest BCUT2D eigenvalue weighted by molar-refractivity contribution is 0.445. The van der Waals surface area contributed by atoms with E-state index in [2.05, 4.69) is 22.8 Å². The molecular weight excluding hydrogens is 382 g/mol. The highest BCUT2D eigenvalue weighted by atomic mass is 32.2. The first-order chi connectivity index (χ1) is 12.9. The summed E-state index contributed by atoms with van der Waals surface area (Å²) in [6.07, 6.45) is 1.71. The predicted molar refractivity (Wildman–Crippen MR) is 107 cm³/mol. The lowest BCUT2D eigenvalue weighted by Gasteiger charge is -2.18. The summed E-state index contributed by atoms with van der Waals surface area (Å²) in [6.45, 7) is 10.4. The molecule has 1 aromatic heterocycles. The number of nitriles is 1. The molecule has 0 radical (unpaired) electrons. The lowest BCUT2D eigenvalue weighted by atomic mass is 10.2. The second-order valence-electron chi connectivity index (χ2n) is 5.71. The van der Waals surface area contributed by atoms with Crippen molar-refractivity contribution < 1.29 is 8.42 Å². The van der Waals surface area contributed by atoms with Gasteiger partial charge in [0.2, 0.25) is 10.0 Å². The summed E-state index contributed by atoms with van der Waals surface area (Å²) in [6, 6.07) is 8.85. The molecule has 9 heteroatoms. The molecule has 0 saturated carbocycles. The summed E-state index contributed by atoms with van der Waals surface area (Å²) < 4.78 is 28.9. The SMILES string of the molecule is C=CCn1c(S[C@@H](C)C#N)nnc1-c1cccc(S(=O)(=O)N(CC)CC)c1. The molecule has 27 heavy (non-hydrogen) atoms. The molecule has 1 atom stereocenters. The minimum atomic E-state index is -3.57. The van der Waals surface area contributed by atoms with E-state index in [0.717, 1.165) is 0 Å². The molecule has 0 spiro atoms. The van der Waals surface area contributed by atoms with Gasteiger partial charge in [-0.15, -0.1) is 16.8 Å². The first kappa shape index (κ1) is 21.2. The Morgan fingerprint density at radius 3 is 2.67 bits per heavy atom. The van der Waals surface area contributed by atoms with E-state index in [4.69, 9.17) is 5.26 Å². The van der Waals surface area contributed by atoms with Gasteiger partial charge in [-0.25, -0.2) is 8.42 Å². The normalized spacial score (nSPS) is 12.7. The number of rotatable bonds is 9. The van der Waals surface area contributed by atoms with Crippen LogP contribution >= 0.6 is 11.8 Å². The first-order valence-electron chi connectivity index (χ1n) is 8.59. The Hall–Kier alpha value is -2.15. The van der Waals surface area contributed by atoms with Crippen molar-refractivity contribution in [3.8, 4) is 17.5 Å². The van der Waals surface area contributed by atoms with Crippen molar-refractivity contribution in [2.45, 2.75) is 42.6 Å². The van der Waals surface area contributed by atoms with E-state index in [-0.39, 0.29) is 10.1 Å². The van der Waals surface area contributed by atoms with Crippen LogP contribution in [0.4, 0.5) is 0 Å². The summed E-state index contributed by atoms with van der Waals surface area (Å²) in [5.41, 5.74) is 0.647. The van der Waals surface area contributed by atoms with E-state index in [0.29, 0.717) is 36.2 Å². The van der Waals surface area contributed by atoms with Gasteiger partial charge in [0.25, 0.3) is 0 Å². The van der Waals surface area contributed by atoms with Crippen LogP contribution in [0.15, 0.2) is 47.0 Å². The van der Waals surface area contributed by atoms with Crippen LogP contribution in [0.3, 0.4) is 0 Å². The minimum absolute atomic E-state index is 0.219. The average molecular weight is 406 g/mol. The summed E-state index contributed by atoms with van der Waals surface area (Å²) in [5, 5.41) is 17.8. The zero-order chi connectivity index (χ0) is 20.0. The van der Waals surface area contributed by atoms with Crippen LogP contribution in [0.5, 0.6) is 0 Å². The van der Waals surface area contributed by atoms with Gasteiger partial charge in [0.05, 0.1) is 16.2 Å².